The molecular formula is C13H18N4OS. The van der Waals surface area contributed by atoms with Crippen LogP contribution in [-0.4, -0.2) is 35.7 Å². The number of rotatable bonds is 6. The molecule has 0 atom stereocenters. The number of anilines is 1. The molecule has 6 heteroatoms. The van der Waals surface area contributed by atoms with E-state index in [4.69, 9.17) is 4.74 Å². The van der Waals surface area contributed by atoms with Gasteiger partial charge in [0.15, 0.2) is 0 Å². The van der Waals surface area contributed by atoms with Crippen LogP contribution in [0, 0.1) is 0 Å². The van der Waals surface area contributed by atoms with Crippen molar-refractivity contribution in [1.29, 1.82) is 0 Å². The number of methoxy groups -OCH3 is 1. The Morgan fingerprint density at radius 2 is 2.00 bits per heavy atom. The summed E-state index contributed by atoms with van der Waals surface area (Å²) in [4.78, 5) is 2.21. The summed E-state index contributed by atoms with van der Waals surface area (Å²) in [6.45, 7) is 1.64. The molecule has 0 unspecified atom stereocenters. The van der Waals surface area contributed by atoms with Crippen molar-refractivity contribution in [2.45, 2.75) is 13.1 Å². The van der Waals surface area contributed by atoms with Gasteiger partial charge in [-0.05, 0) is 24.7 Å². The average Bonchev–Trinajstić information content (AvgIpc) is 2.86. The van der Waals surface area contributed by atoms with Crippen LogP contribution >= 0.6 is 11.5 Å². The molecule has 0 aliphatic heterocycles. The second kappa shape index (κ2) is 6.49. The van der Waals surface area contributed by atoms with Crippen LogP contribution in [0.25, 0.3) is 0 Å². The normalized spacial score (nSPS) is 10.7. The number of benzene rings is 1. The van der Waals surface area contributed by atoms with Gasteiger partial charge < -0.3 is 10.1 Å². The highest BCUT2D eigenvalue weighted by Crippen LogP contribution is 2.19. The van der Waals surface area contributed by atoms with Gasteiger partial charge in [0.1, 0.15) is 16.4 Å². The van der Waals surface area contributed by atoms with Gasteiger partial charge in [0.25, 0.3) is 0 Å². The van der Waals surface area contributed by atoms with E-state index in [1.54, 1.807) is 7.11 Å². The zero-order chi connectivity index (χ0) is 13.7. The summed E-state index contributed by atoms with van der Waals surface area (Å²) in [5.41, 5.74) is 2.24. The van der Waals surface area contributed by atoms with Crippen LogP contribution in [0.15, 0.2) is 24.3 Å². The maximum absolute atomic E-state index is 5.15. The van der Waals surface area contributed by atoms with E-state index in [-0.39, 0.29) is 0 Å². The summed E-state index contributed by atoms with van der Waals surface area (Å²) in [6.07, 6.45) is 0. The molecule has 1 aromatic carbocycles. The first-order valence-electron chi connectivity index (χ1n) is 6.03. The van der Waals surface area contributed by atoms with E-state index < -0.39 is 0 Å². The van der Waals surface area contributed by atoms with Crippen LogP contribution in [0.3, 0.4) is 0 Å². The lowest BCUT2D eigenvalue weighted by Gasteiger charge is -2.16. The predicted molar refractivity (Wildman–Crippen MR) is 77.6 cm³/mol. The first kappa shape index (κ1) is 13.8. The van der Waals surface area contributed by atoms with Crippen LogP contribution in [0.5, 0.6) is 5.75 Å². The van der Waals surface area contributed by atoms with Gasteiger partial charge in [-0.15, -0.1) is 5.10 Å². The summed E-state index contributed by atoms with van der Waals surface area (Å²) < 4.78 is 9.11. The van der Waals surface area contributed by atoms with E-state index in [1.807, 2.05) is 19.2 Å². The van der Waals surface area contributed by atoms with E-state index in [0.29, 0.717) is 0 Å². The second-order valence-electron chi connectivity index (χ2n) is 4.32. The predicted octanol–water partition coefficient (Wildman–Crippen LogP) is 2.22. The van der Waals surface area contributed by atoms with Crippen molar-refractivity contribution in [3.8, 4) is 5.75 Å². The molecule has 0 radical (unpaired) electrons. The molecule has 19 heavy (non-hydrogen) atoms. The monoisotopic (exact) mass is 278 g/mol. The lowest BCUT2D eigenvalue weighted by Crippen LogP contribution is -2.18. The third-order valence-electron chi connectivity index (χ3n) is 2.81. The van der Waals surface area contributed by atoms with Crippen LogP contribution in [-0.2, 0) is 13.1 Å². The molecule has 1 aromatic heterocycles. The summed E-state index contributed by atoms with van der Waals surface area (Å²) >= 11 is 1.39. The van der Waals surface area contributed by atoms with Crippen molar-refractivity contribution in [2.75, 3.05) is 26.5 Å². The van der Waals surface area contributed by atoms with E-state index in [1.165, 1.54) is 17.1 Å². The Morgan fingerprint density at radius 1 is 1.26 bits per heavy atom. The van der Waals surface area contributed by atoms with Gasteiger partial charge >= 0.3 is 0 Å². The topological polar surface area (TPSA) is 50.3 Å². The fourth-order valence-electron chi connectivity index (χ4n) is 1.86. The minimum absolute atomic E-state index is 0.776. The number of nitrogens with one attached hydrogen (secondary N) is 1. The third kappa shape index (κ3) is 3.65. The fraction of sp³-hybridized carbons (Fsp3) is 0.385. The zero-order valence-electron chi connectivity index (χ0n) is 11.4. The molecule has 1 heterocycles. The molecule has 0 saturated carbocycles. The molecule has 0 saturated heterocycles. The van der Waals surface area contributed by atoms with Crippen LogP contribution in [0.1, 0.15) is 11.3 Å². The summed E-state index contributed by atoms with van der Waals surface area (Å²) in [5.74, 6) is 0.882. The lowest BCUT2D eigenvalue weighted by atomic mass is 10.2. The molecule has 0 spiro atoms. The summed E-state index contributed by atoms with van der Waals surface area (Å²) in [7, 11) is 5.64. The van der Waals surface area contributed by atoms with Gasteiger partial charge in [-0.1, -0.05) is 16.6 Å². The standard InChI is InChI=1S/C13H18N4OS/c1-14-13-12(15-16-19-13)9-17(2)8-10-4-6-11(18-3)7-5-10/h4-7,14H,8-9H2,1-3H3. The molecule has 2 aromatic rings. The number of nitrogens with zero attached hydrogens (tertiary/aromatic N) is 3. The number of hydrogen-bond acceptors (Lipinski definition) is 6. The SMILES string of the molecule is CNc1snnc1CN(C)Cc1ccc(OC)cc1. The van der Waals surface area contributed by atoms with Crippen molar-refractivity contribution in [3.05, 3.63) is 35.5 Å². The largest absolute Gasteiger partial charge is 0.497 e. The Hall–Kier alpha value is -1.66. The summed E-state index contributed by atoms with van der Waals surface area (Å²) in [6, 6.07) is 8.11. The summed E-state index contributed by atoms with van der Waals surface area (Å²) in [5, 5.41) is 8.28. The Bertz CT molecular complexity index is 512. The number of aromatic nitrogens is 2. The quantitative estimate of drug-likeness (QED) is 0.878. The molecular weight excluding hydrogens is 260 g/mol. The minimum Gasteiger partial charge on any atom is -0.497 e. The Morgan fingerprint density at radius 3 is 2.63 bits per heavy atom. The van der Waals surface area contributed by atoms with Crippen LogP contribution in [0.4, 0.5) is 5.00 Å². The zero-order valence-corrected chi connectivity index (χ0v) is 12.2. The Kier molecular flexibility index (Phi) is 4.70. The van der Waals surface area contributed by atoms with Gasteiger partial charge in [0, 0.05) is 31.7 Å². The van der Waals surface area contributed by atoms with E-state index in [2.05, 4.69) is 39.0 Å². The van der Waals surface area contributed by atoms with Gasteiger partial charge in [-0.3, -0.25) is 4.90 Å². The average molecular weight is 278 g/mol. The van der Waals surface area contributed by atoms with Crippen molar-refractivity contribution in [3.63, 3.8) is 0 Å². The van der Waals surface area contributed by atoms with Crippen LogP contribution < -0.4 is 10.1 Å². The van der Waals surface area contributed by atoms with Gasteiger partial charge in [-0.25, -0.2) is 0 Å². The first-order valence-corrected chi connectivity index (χ1v) is 6.80. The van der Waals surface area contributed by atoms with Gasteiger partial charge in [0.05, 0.1) is 7.11 Å². The maximum Gasteiger partial charge on any atom is 0.134 e. The fourth-order valence-corrected chi connectivity index (χ4v) is 2.38. The van der Waals surface area contributed by atoms with Crippen molar-refractivity contribution in [1.82, 2.24) is 14.5 Å². The van der Waals surface area contributed by atoms with Gasteiger partial charge in [-0.2, -0.15) is 0 Å². The molecule has 0 bridgehead atoms. The maximum atomic E-state index is 5.15. The molecule has 0 aliphatic rings. The highest BCUT2D eigenvalue weighted by molar-refractivity contribution is 7.10. The molecule has 102 valence electrons. The molecule has 2 rings (SSSR count). The van der Waals surface area contributed by atoms with E-state index >= 15 is 0 Å². The first-order chi connectivity index (χ1) is 9.22. The smallest absolute Gasteiger partial charge is 0.134 e. The van der Waals surface area contributed by atoms with E-state index in [9.17, 15) is 0 Å². The van der Waals surface area contributed by atoms with Crippen LogP contribution in [0.2, 0.25) is 0 Å². The second-order valence-corrected chi connectivity index (χ2v) is 5.07. The Labute approximate surface area is 117 Å². The highest BCUT2D eigenvalue weighted by Gasteiger charge is 2.09. The van der Waals surface area contributed by atoms with Crippen molar-refractivity contribution < 1.29 is 4.74 Å². The molecule has 5 nitrogen and oxygen atoms in total. The molecule has 0 fully saturated rings. The molecule has 1 N–H and O–H groups in total. The molecule has 0 amide bonds. The van der Waals surface area contributed by atoms with Crippen molar-refractivity contribution >= 4 is 16.5 Å². The Balaban J connectivity index is 1.95. The third-order valence-corrected chi connectivity index (χ3v) is 3.60. The van der Waals surface area contributed by atoms with Crippen molar-refractivity contribution in [2.24, 2.45) is 0 Å². The number of hydrogen-bond donors (Lipinski definition) is 1. The van der Waals surface area contributed by atoms with E-state index in [0.717, 1.165) is 29.5 Å². The number of ether oxygens (including phenoxy) is 1. The molecule has 0 aliphatic carbocycles. The minimum atomic E-state index is 0.776. The van der Waals surface area contributed by atoms with Gasteiger partial charge in [0.2, 0.25) is 0 Å². The lowest BCUT2D eigenvalue weighted by molar-refractivity contribution is 0.315. The highest BCUT2D eigenvalue weighted by atomic mass is 32.1.